The lowest BCUT2D eigenvalue weighted by molar-refractivity contribution is 0.302. The average molecular weight is 792 g/mol. The maximum Gasteiger partial charge on any atom is 0.262 e. The molecule has 13 nitrogen and oxygen atoms in total. The fourth-order valence-corrected chi connectivity index (χ4v) is 8.58. The van der Waals surface area contributed by atoms with E-state index in [0.717, 1.165) is 17.5 Å². The normalized spacial score (nSPS) is 15.1. The SMILES string of the molecule is CCCOc1ccc(S(=O)(=O)N2CCC(N(C)C)C2)cc1-c1nc2c(c(NCc3ccc(OC)c(Cl)c3)nc3nn(Cc4cccc(Cl)c4)cc32)c(=O)[nH]1. The Morgan fingerprint density at radius 2 is 1.85 bits per heavy atom. The molecule has 0 amide bonds. The highest BCUT2D eigenvalue weighted by Gasteiger charge is 2.34. The van der Waals surface area contributed by atoms with Crippen molar-refractivity contribution in [2.24, 2.45) is 0 Å². The number of nitrogens with zero attached hydrogens (tertiary/aromatic N) is 6. The molecule has 3 aromatic carbocycles. The van der Waals surface area contributed by atoms with Crippen molar-refractivity contribution < 1.29 is 17.9 Å². The maximum absolute atomic E-state index is 14.2. The van der Waals surface area contributed by atoms with E-state index in [1.165, 1.54) is 10.4 Å². The van der Waals surface area contributed by atoms with E-state index in [-0.39, 0.29) is 34.5 Å². The fourth-order valence-electron chi connectivity index (χ4n) is 6.57. The number of H-pyrrole nitrogens is 1. The number of hydrogen-bond acceptors (Lipinski definition) is 10. The van der Waals surface area contributed by atoms with Crippen LogP contribution in [0.15, 0.2) is 76.6 Å². The van der Waals surface area contributed by atoms with Crippen LogP contribution >= 0.6 is 23.2 Å². The third-order valence-electron chi connectivity index (χ3n) is 9.44. The molecule has 3 aromatic heterocycles. The van der Waals surface area contributed by atoms with Gasteiger partial charge in [0.2, 0.25) is 10.0 Å². The van der Waals surface area contributed by atoms with Crippen molar-refractivity contribution in [2.45, 2.75) is 43.8 Å². The Balaban J connectivity index is 1.36. The van der Waals surface area contributed by atoms with Crippen molar-refractivity contribution in [2.75, 3.05) is 46.2 Å². The van der Waals surface area contributed by atoms with E-state index < -0.39 is 15.6 Å². The molecule has 4 heterocycles. The molecule has 2 N–H and O–H groups in total. The number of nitrogens with one attached hydrogen (secondary N) is 2. The Bertz CT molecular complexity index is 2520. The molecule has 282 valence electrons. The number of aromatic nitrogens is 5. The number of halogens is 2. The summed E-state index contributed by atoms with van der Waals surface area (Å²) in [5.41, 5.74) is 2.29. The van der Waals surface area contributed by atoms with E-state index in [2.05, 4.69) is 10.3 Å². The summed E-state index contributed by atoms with van der Waals surface area (Å²) < 4.78 is 42.5. The highest BCUT2D eigenvalue weighted by Crippen LogP contribution is 2.35. The Hall–Kier alpha value is -4.73. The van der Waals surface area contributed by atoms with E-state index >= 15 is 0 Å². The summed E-state index contributed by atoms with van der Waals surface area (Å²) in [4.78, 5) is 29.0. The van der Waals surface area contributed by atoms with Gasteiger partial charge in [0.15, 0.2) is 5.65 Å². The topological polar surface area (TPSA) is 148 Å². The minimum atomic E-state index is -3.87. The van der Waals surface area contributed by atoms with Gasteiger partial charge in [-0.25, -0.2) is 18.4 Å². The van der Waals surface area contributed by atoms with Crippen LogP contribution < -0.4 is 20.3 Å². The molecule has 16 heteroatoms. The second-order valence-electron chi connectivity index (χ2n) is 13.4. The van der Waals surface area contributed by atoms with Crippen LogP contribution in [0.3, 0.4) is 0 Å². The van der Waals surface area contributed by atoms with Gasteiger partial charge in [0, 0.05) is 36.9 Å². The molecule has 1 aliphatic rings. The molecule has 0 saturated carbocycles. The Morgan fingerprint density at radius 1 is 1.04 bits per heavy atom. The lowest BCUT2D eigenvalue weighted by Crippen LogP contribution is -2.34. The van der Waals surface area contributed by atoms with E-state index in [1.54, 1.807) is 48.3 Å². The van der Waals surface area contributed by atoms with Gasteiger partial charge < -0.3 is 24.7 Å². The number of sulfonamides is 1. The van der Waals surface area contributed by atoms with Crippen LogP contribution in [0.25, 0.3) is 33.3 Å². The average Bonchev–Trinajstić information content (AvgIpc) is 3.81. The molecule has 1 unspecified atom stereocenters. The molecule has 0 radical (unpaired) electrons. The van der Waals surface area contributed by atoms with E-state index in [1.807, 2.05) is 50.2 Å². The Kier molecular flexibility index (Phi) is 10.8. The fraction of sp³-hybridized carbons (Fsp3) is 0.316. The predicted octanol–water partition coefficient (Wildman–Crippen LogP) is 6.42. The second-order valence-corrected chi connectivity index (χ2v) is 16.2. The molecule has 1 atom stereocenters. The van der Waals surface area contributed by atoms with Gasteiger partial charge in [-0.05, 0) is 80.5 Å². The summed E-state index contributed by atoms with van der Waals surface area (Å²) in [6.07, 6.45) is 3.24. The van der Waals surface area contributed by atoms with Crippen LogP contribution in [0.2, 0.25) is 10.0 Å². The van der Waals surface area contributed by atoms with Crippen molar-refractivity contribution >= 4 is 61.0 Å². The van der Waals surface area contributed by atoms with Gasteiger partial charge in [0.1, 0.15) is 28.5 Å². The maximum atomic E-state index is 14.2. The zero-order valence-corrected chi connectivity index (χ0v) is 32.6. The van der Waals surface area contributed by atoms with Gasteiger partial charge in [-0.2, -0.15) is 9.40 Å². The molecule has 1 aliphatic heterocycles. The highest BCUT2D eigenvalue weighted by atomic mass is 35.5. The highest BCUT2D eigenvalue weighted by molar-refractivity contribution is 7.89. The lowest BCUT2D eigenvalue weighted by atomic mass is 10.1. The van der Waals surface area contributed by atoms with Crippen LogP contribution in [0.5, 0.6) is 11.5 Å². The van der Waals surface area contributed by atoms with Crippen LogP contribution in [-0.4, -0.2) is 89.3 Å². The van der Waals surface area contributed by atoms with Gasteiger partial charge in [-0.3, -0.25) is 9.48 Å². The summed E-state index contributed by atoms with van der Waals surface area (Å²) in [6, 6.07) is 17.7. The Labute approximate surface area is 322 Å². The third kappa shape index (κ3) is 7.62. The monoisotopic (exact) mass is 790 g/mol. The number of hydrogen-bond donors (Lipinski definition) is 2. The number of methoxy groups -OCH3 is 1. The summed E-state index contributed by atoms with van der Waals surface area (Å²) in [6.45, 7) is 3.81. The van der Waals surface area contributed by atoms with Gasteiger partial charge in [-0.15, -0.1) is 0 Å². The quantitative estimate of drug-likeness (QED) is 0.134. The zero-order valence-electron chi connectivity index (χ0n) is 30.3. The molecule has 6 aromatic rings. The molecule has 54 heavy (non-hydrogen) atoms. The number of pyridine rings is 1. The molecular weight excluding hydrogens is 751 g/mol. The number of likely N-dealkylation sites (N-methyl/N-ethyl adjacent to an activating group) is 1. The third-order valence-corrected chi connectivity index (χ3v) is 11.8. The molecule has 1 fully saturated rings. The van der Waals surface area contributed by atoms with Crippen molar-refractivity contribution in [1.82, 2.24) is 33.9 Å². The molecule has 0 spiro atoms. The summed E-state index contributed by atoms with van der Waals surface area (Å²) in [5.74, 6) is 1.34. The molecule has 1 saturated heterocycles. The summed E-state index contributed by atoms with van der Waals surface area (Å²) >= 11 is 12.7. The van der Waals surface area contributed by atoms with Crippen LogP contribution in [-0.2, 0) is 23.1 Å². The Morgan fingerprint density at radius 3 is 2.57 bits per heavy atom. The number of anilines is 1. The molecule has 0 bridgehead atoms. The van der Waals surface area contributed by atoms with Gasteiger partial charge in [0.25, 0.3) is 5.56 Å². The first-order valence-corrected chi connectivity index (χ1v) is 19.7. The minimum Gasteiger partial charge on any atom is -0.495 e. The predicted molar refractivity (Wildman–Crippen MR) is 211 cm³/mol. The standard InChI is InChI=1S/C38H40Cl2N8O5S/c1-5-15-53-31-12-10-27(54(50,51)48-14-13-26(21-48)46(2)3)18-28(31)35-42-34-29-22-47(20-24-7-6-8-25(39)16-24)45-36(29)43-37(33(34)38(49)44-35)41-19-23-9-11-32(52-4)30(40)17-23/h6-12,16-18,22,26H,5,13-15,19-21H2,1-4H3,(H,41,43,45)(H,42,44,49). The van der Waals surface area contributed by atoms with Crippen LogP contribution in [0.4, 0.5) is 5.82 Å². The number of rotatable bonds is 13. The van der Waals surface area contributed by atoms with Gasteiger partial charge >= 0.3 is 0 Å². The first-order chi connectivity index (χ1) is 25.9. The van der Waals surface area contributed by atoms with Crippen LogP contribution in [0, 0.1) is 0 Å². The lowest BCUT2D eigenvalue weighted by Gasteiger charge is -2.21. The van der Waals surface area contributed by atoms with Gasteiger partial charge in [0.05, 0.1) is 46.6 Å². The van der Waals surface area contributed by atoms with Crippen molar-refractivity contribution in [3.63, 3.8) is 0 Å². The first-order valence-electron chi connectivity index (χ1n) is 17.5. The molecule has 0 aliphatic carbocycles. The van der Waals surface area contributed by atoms with Gasteiger partial charge in [-0.1, -0.05) is 48.3 Å². The number of fused-ring (bicyclic) bond motifs is 3. The number of ether oxygens (including phenoxy) is 2. The summed E-state index contributed by atoms with van der Waals surface area (Å²) in [5, 5.41) is 9.83. The number of benzene rings is 3. The van der Waals surface area contributed by atoms with E-state index in [0.29, 0.717) is 76.3 Å². The second kappa shape index (κ2) is 15.6. The first kappa shape index (κ1) is 37.6. The summed E-state index contributed by atoms with van der Waals surface area (Å²) in [7, 11) is 1.58. The largest absolute Gasteiger partial charge is 0.495 e. The molecule has 7 rings (SSSR count). The zero-order chi connectivity index (χ0) is 38.1. The smallest absolute Gasteiger partial charge is 0.262 e. The van der Waals surface area contributed by atoms with Crippen molar-refractivity contribution in [3.8, 4) is 22.9 Å². The van der Waals surface area contributed by atoms with E-state index in [4.69, 9.17) is 47.7 Å². The van der Waals surface area contributed by atoms with Crippen molar-refractivity contribution in [3.05, 3.63) is 98.4 Å². The minimum absolute atomic E-state index is 0.0817. The number of aromatic amines is 1. The van der Waals surface area contributed by atoms with Crippen LogP contribution in [0.1, 0.15) is 30.9 Å². The van der Waals surface area contributed by atoms with Crippen molar-refractivity contribution in [1.29, 1.82) is 0 Å². The van der Waals surface area contributed by atoms with E-state index in [9.17, 15) is 13.2 Å². The molecular formula is C38H40Cl2N8O5S.